The van der Waals surface area contributed by atoms with Gasteiger partial charge in [0, 0.05) is 56.7 Å². The maximum Gasteiger partial charge on any atom is 0.234 e. The Hall–Kier alpha value is -2.60. The average Bonchev–Trinajstić information content (AvgIpc) is 2.69. The second-order valence-electron chi connectivity index (χ2n) is 6.38. The molecule has 1 fully saturated rings. The first-order valence-corrected chi connectivity index (χ1v) is 9.02. The number of rotatable bonds is 7. The van der Waals surface area contributed by atoms with E-state index in [9.17, 15) is 4.79 Å². The van der Waals surface area contributed by atoms with Gasteiger partial charge in [0.1, 0.15) is 5.75 Å². The molecule has 0 aliphatic carbocycles. The van der Waals surface area contributed by atoms with E-state index in [1.165, 1.54) is 5.69 Å². The van der Waals surface area contributed by atoms with Gasteiger partial charge in [0.05, 0.1) is 13.7 Å². The Balaban J connectivity index is 1.37. The van der Waals surface area contributed by atoms with Crippen LogP contribution in [0.15, 0.2) is 48.7 Å². The van der Waals surface area contributed by atoms with Crippen LogP contribution in [-0.4, -0.2) is 62.2 Å². The molecular weight excluding hydrogens is 328 g/mol. The zero-order valence-electron chi connectivity index (χ0n) is 15.2. The number of anilines is 1. The Morgan fingerprint density at radius 3 is 2.54 bits per heavy atom. The number of nitrogens with zero attached hydrogens (tertiary/aromatic N) is 3. The van der Waals surface area contributed by atoms with Gasteiger partial charge in [0.2, 0.25) is 5.91 Å². The number of methoxy groups -OCH3 is 1. The molecule has 0 saturated carbocycles. The third-order valence-electron chi connectivity index (χ3n) is 4.61. The van der Waals surface area contributed by atoms with Crippen molar-refractivity contribution in [2.75, 3.05) is 51.3 Å². The lowest BCUT2D eigenvalue weighted by atomic mass is 10.2. The number of hydrogen-bond acceptors (Lipinski definition) is 5. The molecule has 2 aromatic rings. The number of aromatic nitrogens is 1. The quantitative estimate of drug-likeness (QED) is 0.818. The molecule has 26 heavy (non-hydrogen) atoms. The summed E-state index contributed by atoms with van der Waals surface area (Å²) in [6.45, 7) is 4.71. The Morgan fingerprint density at radius 1 is 1.12 bits per heavy atom. The summed E-state index contributed by atoms with van der Waals surface area (Å²) >= 11 is 0. The third kappa shape index (κ3) is 5.20. The van der Waals surface area contributed by atoms with Crippen LogP contribution in [0.25, 0.3) is 0 Å². The van der Waals surface area contributed by atoms with Gasteiger partial charge in [-0.1, -0.05) is 6.07 Å². The van der Waals surface area contributed by atoms with Crippen molar-refractivity contribution in [2.24, 2.45) is 0 Å². The number of piperazine rings is 1. The summed E-state index contributed by atoms with van der Waals surface area (Å²) in [4.78, 5) is 20.9. The topological polar surface area (TPSA) is 57.7 Å². The van der Waals surface area contributed by atoms with E-state index in [2.05, 4.69) is 32.2 Å². The van der Waals surface area contributed by atoms with Gasteiger partial charge in [-0.05, 0) is 36.4 Å². The average molecular weight is 354 g/mol. The van der Waals surface area contributed by atoms with Crippen molar-refractivity contribution in [2.45, 2.75) is 6.42 Å². The molecule has 1 aromatic carbocycles. The van der Waals surface area contributed by atoms with E-state index in [1.54, 1.807) is 13.3 Å². The van der Waals surface area contributed by atoms with Crippen molar-refractivity contribution in [3.05, 3.63) is 54.4 Å². The van der Waals surface area contributed by atoms with Crippen LogP contribution in [-0.2, 0) is 11.2 Å². The summed E-state index contributed by atoms with van der Waals surface area (Å²) < 4.78 is 5.20. The summed E-state index contributed by atoms with van der Waals surface area (Å²) in [5.74, 6) is 0.952. The summed E-state index contributed by atoms with van der Waals surface area (Å²) in [5, 5.41) is 2.99. The lowest BCUT2D eigenvalue weighted by Gasteiger charge is -2.35. The predicted octanol–water partition coefficient (Wildman–Crippen LogP) is 1.57. The first kappa shape index (κ1) is 18.2. The van der Waals surface area contributed by atoms with E-state index in [-0.39, 0.29) is 5.91 Å². The Kier molecular flexibility index (Phi) is 6.44. The number of pyridine rings is 1. The summed E-state index contributed by atoms with van der Waals surface area (Å²) in [6.07, 6.45) is 2.54. The van der Waals surface area contributed by atoms with Crippen LogP contribution >= 0.6 is 0 Å². The highest BCUT2D eigenvalue weighted by atomic mass is 16.5. The molecular formula is C20H26N4O2. The standard InChI is InChI=1S/C20H26N4O2/c1-26-19-7-5-18(6-8-19)24-14-12-23(13-15-24)16-20(25)22-11-9-17-4-2-3-10-21-17/h2-8,10H,9,11-16H2,1H3,(H,22,25). The minimum atomic E-state index is 0.0822. The molecule has 6 nitrogen and oxygen atoms in total. The molecule has 6 heteroatoms. The molecule has 138 valence electrons. The molecule has 0 atom stereocenters. The smallest absolute Gasteiger partial charge is 0.234 e. The van der Waals surface area contributed by atoms with Crippen LogP contribution < -0.4 is 15.0 Å². The molecule has 3 rings (SSSR count). The van der Waals surface area contributed by atoms with Gasteiger partial charge in [0.15, 0.2) is 0 Å². The number of nitrogens with one attached hydrogen (secondary N) is 1. The van der Waals surface area contributed by atoms with Gasteiger partial charge in [-0.15, -0.1) is 0 Å². The minimum absolute atomic E-state index is 0.0822. The maximum atomic E-state index is 12.1. The third-order valence-corrected chi connectivity index (χ3v) is 4.61. The van der Waals surface area contributed by atoms with Crippen LogP contribution in [0.3, 0.4) is 0 Å². The highest BCUT2D eigenvalue weighted by Crippen LogP contribution is 2.20. The molecule has 1 aliphatic rings. The molecule has 0 bridgehead atoms. The molecule has 1 aliphatic heterocycles. The normalized spacial score (nSPS) is 14.9. The zero-order chi connectivity index (χ0) is 18.2. The van der Waals surface area contributed by atoms with Crippen molar-refractivity contribution >= 4 is 11.6 Å². The van der Waals surface area contributed by atoms with E-state index >= 15 is 0 Å². The molecule has 0 unspecified atom stereocenters. The molecule has 0 spiro atoms. The Morgan fingerprint density at radius 2 is 1.88 bits per heavy atom. The first-order chi connectivity index (χ1) is 12.7. The van der Waals surface area contributed by atoms with Crippen LogP contribution in [0.4, 0.5) is 5.69 Å². The fourth-order valence-electron chi connectivity index (χ4n) is 3.09. The van der Waals surface area contributed by atoms with Crippen molar-refractivity contribution in [1.29, 1.82) is 0 Å². The van der Waals surface area contributed by atoms with Gasteiger partial charge in [-0.2, -0.15) is 0 Å². The fourth-order valence-corrected chi connectivity index (χ4v) is 3.09. The Bertz CT molecular complexity index is 683. The van der Waals surface area contributed by atoms with Crippen molar-refractivity contribution in [1.82, 2.24) is 15.2 Å². The molecule has 0 radical (unpaired) electrons. The number of carbonyl (C=O) groups excluding carboxylic acids is 1. The van der Waals surface area contributed by atoms with E-state index in [0.29, 0.717) is 13.1 Å². The molecule has 1 amide bonds. The van der Waals surface area contributed by atoms with E-state index in [1.807, 2.05) is 30.3 Å². The van der Waals surface area contributed by atoms with Gasteiger partial charge >= 0.3 is 0 Å². The molecule has 2 heterocycles. The Labute approximate surface area is 154 Å². The summed E-state index contributed by atoms with van der Waals surface area (Å²) in [6, 6.07) is 14.0. The van der Waals surface area contributed by atoms with E-state index in [4.69, 9.17) is 4.74 Å². The monoisotopic (exact) mass is 354 g/mol. The second kappa shape index (κ2) is 9.20. The number of hydrogen-bond donors (Lipinski definition) is 1. The minimum Gasteiger partial charge on any atom is -0.497 e. The molecule has 1 N–H and O–H groups in total. The van der Waals surface area contributed by atoms with Crippen molar-refractivity contribution in [3.8, 4) is 5.75 Å². The summed E-state index contributed by atoms with van der Waals surface area (Å²) in [7, 11) is 1.68. The van der Waals surface area contributed by atoms with Crippen LogP contribution in [0.1, 0.15) is 5.69 Å². The van der Waals surface area contributed by atoms with Gasteiger partial charge in [0.25, 0.3) is 0 Å². The fraction of sp³-hybridized carbons (Fsp3) is 0.400. The van der Waals surface area contributed by atoms with E-state index in [0.717, 1.165) is 44.0 Å². The maximum absolute atomic E-state index is 12.1. The van der Waals surface area contributed by atoms with Crippen molar-refractivity contribution in [3.63, 3.8) is 0 Å². The number of ether oxygens (including phenoxy) is 1. The van der Waals surface area contributed by atoms with Gasteiger partial charge in [-0.25, -0.2) is 0 Å². The predicted molar refractivity (Wildman–Crippen MR) is 103 cm³/mol. The highest BCUT2D eigenvalue weighted by Gasteiger charge is 2.19. The highest BCUT2D eigenvalue weighted by molar-refractivity contribution is 5.78. The zero-order valence-corrected chi connectivity index (χ0v) is 15.2. The van der Waals surface area contributed by atoms with Crippen LogP contribution in [0.5, 0.6) is 5.75 Å². The number of amides is 1. The van der Waals surface area contributed by atoms with E-state index < -0.39 is 0 Å². The molecule has 1 aromatic heterocycles. The summed E-state index contributed by atoms with van der Waals surface area (Å²) in [5.41, 5.74) is 2.20. The van der Waals surface area contributed by atoms with Crippen LogP contribution in [0, 0.1) is 0 Å². The lowest BCUT2D eigenvalue weighted by molar-refractivity contribution is -0.122. The van der Waals surface area contributed by atoms with Crippen molar-refractivity contribution < 1.29 is 9.53 Å². The largest absolute Gasteiger partial charge is 0.497 e. The first-order valence-electron chi connectivity index (χ1n) is 9.02. The van der Waals surface area contributed by atoms with Gasteiger partial charge < -0.3 is 15.0 Å². The second-order valence-corrected chi connectivity index (χ2v) is 6.38. The SMILES string of the molecule is COc1ccc(N2CCN(CC(=O)NCCc3ccccn3)CC2)cc1. The number of benzene rings is 1. The number of carbonyl (C=O) groups is 1. The lowest BCUT2D eigenvalue weighted by Crippen LogP contribution is -2.49. The molecule has 1 saturated heterocycles. The van der Waals surface area contributed by atoms with Crippen LogP contribution in [0.2, 0.25) is 0 Å². The van der Waals surface area contributed by atoms with Gasteiger partial charge in [-0.3, -0.25) is 14.7 Å².